The van der Waals surface area contributed by atoms with Crippen molar-refractivity contribution in [2.45, 2.75) is 11.3 Å². The predicted molar refractivity (Wildman–Crippen MR) is 111 cm³/mol. The van der Waals surface area contributed by atoms with E-state index >= 15 is 0 Å². The zero-order valence-corrected chi connectivity index (χ0v) is 16.9. The van der Waals surface area contributed by atoms with Crippen molar-refractivity contribution in [2.24, 2.45) is 0 Å². The van der Waals surface area contributed by atoms with Gasteiger partial charge in [-0.25, -0.2) is 12.7 Å². The molecule has 0 bridgehead atoms. The largest absolute Gasteiger partial charge is 0.273 e. The summed E-state index contributed by atoms with van der Waals surface area (Å²) in [6.07, 6.45) is 0.0939. The average molecular weight is 411 g/mol. The summed E-state index contributed by atoms with van der Waals surface area (Å²) in [7, 11) is -0.835. The Bertz CT molecular complexity index is 1170. The summed E-state index contributed by atoms with van der Waals surface area (Å²) >= 11 is 0. The smallest absolute Gasteiger partial charge is 0.269 e. The lowest BCUT2D eigenvalue weighted by Crippen LogP contribution is -2.42. The number of rotatable bonds is 5. The maximum Gasteiger partial charge on any atom is 0.269 e. The third-order valence-corrected chi connectivity index (χ3v) is 6.23. The van der Waals surface area contributed by atoms with Gasteiger partial charge in [-0.05, 0) is 34.5 Å². The second-order valence-corrected chi connectivity index (χ2v) is 8.78. The van der Waals surface area contributed by atoms with E-state index in [1.54, 1.807) is 0 Å². The van der Waals surface area contributed by atoms with Gasteiger partial charge in [0.2, 0.25) is 15.9 Å². The Balaban J connectivity index is 1.67. The first-order valence-corrected chi connectivity index (χ1v) is 10.3. The minimum absolute atomic E-state index is 0.00256. The fraction of sp³-hybridized carbons (Fsp3) is 0.143. The number of hydrogen-bond donors (Lipinski definition) is 2. The van der Waals surface area contributed by atoms with Crippen molar-refractivity contribution in [1.29, 1.82) is 0 Å². The van der Waals surface area contributed by atoms with Gasteiger partial charge in [0, 0.05) is 19.7 Å². The van der Waals surface area contributed by atoms with Gasteiger partial charge in [-0.2, -0.15) is 0 Å². The number of amides is 2. The molecular weight excluding hydrogens is 390 g/mol. The molecule has 0 aliphatic rings. The molecule has 8 heteroatoms. The average Bonchev–Trinajstić information content (AvgIpc) is 2.72. The Morgan fingerprint density at radius 1 is 0.897 bits per heavy atom. The van der Waals surface area contributed by atoms with Crippen LogP contribution in [-0.2, 0) is 21.2 Å². The van der Waals surface area contributed by atoms with Crippen LogP contribution in [0.4, 0.5) is 0 Å². The molecule has 2 N–H and O–H groups in total. The van der Waals surface area contributed by atoms with Crippen LogP contribution in [0.5, 0.6) is 0 Å². The van der Waals surface area contributed by atoms with Gasteiger partial charge in [0.25, 0.3) is 5.91 Å². The molecule has 0 aliphatic heterocycles. The summed E-state index contributed by atoms with van der Waals surface area (Å²) in [5.41, 5.74) is 5.67. The third kappa shape index (κ3) is 4.61. The van der Waals surface area contributed by atoms with E-state index in [1.807, 2.05) is 42.5 Å². The van der Waals surface area contributed by atoms with Gasteiger partial charge in [0.15, 0.2) is 0 Å². The van der Waals surface area contributed by atoms with Crippen LogP contribution < -0.4 is 10.9 Å². The van der Waals surface area contributed by atoms with E-state index in [9.17, 15) is 18.0 Å². The van der Waals surface area contributed by atoms with Crippen LogP contribution in [0.1, 0.15) is 15.9 Å². The molecular formula is C21H21N3O4S. The van der Waals surface area contributed by atoms with E-state index in [4.69, 9.17) is 0 Å². The minimum atomic E-state index is -3.66. The fourth-order valence-corrected chi connectivity index (χ4v) is 3.82. The van der Waals surface area contributed by atoms with E-state index in [0.29, 0.717) is 0 Å². The number of hydrazine groups is 1. The van der Waals surface area contributed by atoms with Crippen molar-refractivity contribution >= 4 is 32.6 Å². The molecule has 0 spiro atoms. The van der Waals surface area contributed by atoms with Gasteiger partial charge < -0.3 is 0 Å². The Morgan fingerprint density at radius 2 is 1.59 bits per heavy atom. The molecule has 0 fully saturated rings. The van der Waals surface area contributed by atoms with Gasteiger partial charge in [-0.1, -0.05) is 48.5 Å². The van der Waals surface area contributed by atoms with Crippen LogP contribution in [0.3, 0.4) is 0 Å². The molecule has 0 aromatic heterocycles. The van der Waals surface area contributed by atoms with Crippen molar-refractivity contribution < 1.29 is 18.0 Å². The van der Waals surface area contributed by atoms with Gasteiger partial charge in [-0.15, -0.1) is 0 Å². The number of carbonyl (C=O) groups excluding carboxylic acids is 2. The summed E-state index contributed by atoms with van der Waals surface area (Å²) in [4.78, 5) is 24.6. The first-order valence-electron chi connectivity index (χ1n) is 8.87. The van der Waals surface area contributed by atoms with Crippen molar-refractivity contribution in [3.05, 3.63) is 77.9 Å². The number of sulfonamides is 1. The van der Waals surface area contributed by atoms with E-state index in [1.165, 1.54) is 38.4 Å². The number of benzene rings is 3. The molecule has 3 aromatic carbocycles. The van der Waals surface area contributed by atoms with Crippen LogP contribution in [0, 0.1) is 0 Å². The van der Waals surface area contributed by atoms with E-state index in [2.05, 4.69) is 10.9 Å². The fourth-order valence-electron chi connectivity index (χ4n) is 2.87. The Kier molecular flexibility index (Phi) is 5.95. The lowest BCUT2D eigenvalue weighted by atomic mass is 10.0. The van der Waals surface area contributed by atoms with Crippen LogP contribution >= 0.6 is 0 Å². The molecule has 0 saturated carbocycles. The number of hydrogen-bond acceptors (Lipinski definition) is 4. The minimum Gasteiger partial charge on any atom is -0.273 e. The third-order valence-electron chi connectivity index (χ3n) is 4.42. The molecule has 3 aromatic rings. The Labute approximate surface area is 169 Å². The molecule has 0 atom stereocenters. The quantitative estimate of drug-likeness (QED) is 0.629. The van der Waals surface area contributed by atoms with Gasteiger partial charge in [0.1, 0.15) is 0 Å². The maximum absolute atomic E-state index is 12.3. The molecule has 150 valence electrons. The molecule has 0 unspecified atom stereocenters. The van der Waals surface area contributed by atoms with Crippen molar-refractivity contribution in [3.8, 4) is 0 Å². The highest BCUT2D eigenvalue weighted by molar-refractivity contribution is 7.89. The highest BCUT2D eigenvalue weighted by Crippen LogP contribution is 2.19. The summed E-state index contributed by atoms with van der Waals surface area (Å²) in [5.74, 6) is -0.987. The zero-order valence-electron chi connectivity index (χ0n) is 16.0. The van der Waals surface area contributed by atoms with E-state index < -0.39 is 15.9 Å². The second-order valence-electron chi connectivity index (χ2n) is 6.63. The first-order chi connectivity index (χ1) is 13.8. The SMILES string of the molecule is CN(C)S(=O)(=O)c1cccc(C(=O)NNC(=O)Cc2cccc3ccccc23)c1. The zero-order chi connectivity index (χ0) is 21.0. The predicted octanol–water partition coefficient (Wildman–Crippen LogP) is 2.09. The Morgan fingerprint density at radius 3 is 2.34 bits per heavy atom. The van der Waals surface area contributed by atoms with Gasteiger partial charge in [0.05, 0.1) is 11.3 Å². The number of carbonyl (C=O) groups is 2. The standard InChI is InChI=1S/C21H21N3O4S/c1-24(2)29(27,28)18-11-6-10-17(13-18)21(26)23-22-20(25)14-16-9-5-8-15-7-3-4-12-19(15)16/h3-13H,14H2,1-2H3,(H,22,25)(H,23,26). The topological polar surface area (TPSA) is 95.6 Å². The molecule has 7 nitrogen and oxygen atoms in total. The monoisotopic (exact) mass is 411 g/mol. The molecule has 3 rings (SSSR count). The summed E-state index contributed by atoms with van der Waals surface area (Å²) in [6.45, 7) is 0. The summed E-state index contributed by atoms with van der Waals surface area (Å²) in [6, 6.07) is 19.1. The first kappa shape index (κ1) is 20.5. The van der Waals surface area contributed by atoms with Crippen molar-refractivity contribution in [3.63, 3.8) is 0 Å². The highest BCUT2D eigenvalue weighted by Gasteiger charge is 2.19. The number of nitrogens with zero attached hydrogens (tertiary/aromatic N) is 1. The van der Waals surface area contributed by atoms with Crippen LogP contribution in [-0.4, -0.2) is 38.6 Å². The lowest BCUT2D eigenvalue weighted by molar-refractivity contribution is -0.121. The van der Waals surface area contributed by atoms with Crippen LogP contribution in [0.15, 0.2) is 71.6 Å². The van der Waals surface area contributed by atoms with Gasteiger partial charge in [-0.3, -0.25) is 20.4 Å². The van der Waals surface area contributed by atoms with Crippen LogP contribution in [0.2, 0.25) is 0 Å². The molecule has 29 heavy (non-hydrogen) atoms. The van der Waals surface area contributed by atoms with Gasteiger partial charge >= 0.3 is 0 Å². The summed E-state index contributed by atoms with van der Waals surface area (Å²) < 4.78 is 25.5. The second kappa shape index (κ2) is 8.42. The van der Waals surface area contributed by atoms with Crippen LogP contribution in [0.25, 0.3) is 10.8 Å². The van der Waals surface area contributed by atoms with Crippen molar-refractivity contribution in [2.75, 3.05) is 14.1 Å². The number of fused-ring (bicyclic) bond motifs is 1. The highest BCUT2D eigenvalue weighted by atomic mass is 32.2. The summed E-state index contributed by atoms with van der Waals surface area (Å²) in [5, 5.41) is 2.00. The number of nitrogens with one attached hydrogen (secondary N) is 2. The molecule has 0 heterocycles. The molecule has 2 amide bonds. The van der Waals surface area contributed by atoms with Crippen molar-refractivity contribution in [1.82, 2.24) is 15.2 Å². The maximum atomic E-state index is 12.3. The molecule has 0 saturated heterocycles. The molecule has 0 aliphatic carbocycles. The Hall–Kier alpha value is -3.23. The van der Waals surface area contributed by atoms with E-state index in [0.717, 1.165) is 20.6 Å². The lowest BCUT2D eigenvalue weighted by Gasteiger charge is -2.13. The van der Waals surface area contributed by atoms with E-state index in [-0.39, 0.29) is 22.8 Å². The molecule has 0 radical (unpaired) electrons. The normalized spacial score (nSPS) is 11.4.